The molecule has 0 bridgehead atoms. The first-order valence-electron chi connectivity index (χ1n) is 5.65. The molecule has 2 rings (SSSR count). The minimum Gasteiger partial charge on any atom is -0.457 e. The zero-order valence-corrected chi connectivity index (χ0v) is 10.5. The lowest BCUT2D eigenvalue weighted by Gasteiger charge is -2.06. The highest BCUT2D eigenvalue weighted by Gasteiger charge is 1.98. The fourth-order valence-electron chi connectivity index (χ4n) is 1.57. The van der Waals surface area contributed by atoms with E-state index < -0.39 is 0 Å². The summed E-state index contributed by atoms with van der Waals surface area (Å²) in [5.41, 5.74) is 1.82. The Kier molecular flexibility index (Phi) is 4.22. The molecule has 0 saturated heterocycles. The third-order valence-corrected chi connectivity index (χ3v) is 2.71. The van der Waals surface area contributed by atoms with E-state index in [1.165, 1.54) is 5.56 Å². The van der Waals surface area contributed by atoms with E-state index in [2.05, 4.69) is 6.07 Å². The van der Waals surface area contributed by atoms with Crippen molar-refractivity contribution in [2.24, 2.45) is 0 Å². The van der Waals surface area contributed by atoms with E-state index in [4.69, 9.17) is 21.6 Å². The number of rotatable bonds is 4. The molecule has 0 aromatic heterocycles. The third-order valence-electron chi connectivity index (χ3n) is 2.53. The largest absolute Gasteiger partial charge is 0.457 e. The normalized spacial score (nSPS) is 9.78. The van der Waals surface area contributed by atoms with Gasteiger partial charge in [-0.25, -0.2) is 0 Å². The smallest absolute Gasteiger partial charge is 0.127 e. The first-order chi connectivity index (χ1) is 8.81. The van der Waals surface area contributed by atoms with Gasteiger partial charge in [0.2, 0.25) is 0 Å². The van der Waals surface area contributed by atoms with E-state index in [1.807, 2.05) is 24.3 Å². The van der Waals surface area contributed by atoms with Crippen molar-refractivity contribution in [3.05, 3.63) is 59.7 Å². The number of alkyl halides is 1. The molecule has 18 heavy (non-hydrogen) atoms. The molecule has 2 aromatic rings. The van der Waals surface area contributed by atoms with Crippen molar-refractivity contribution in [1.82, 2.24) is 0 Å². The van der Waals surface area contributed by atoms with Crippen LogP contribution < -0.4 is 4.74 Å². The number of hydrogen-bond acceptors (Lipinski definition) is 2. The van der Waals surface area contributed by atoms with Crippen LogP contribution in [0.25, 0.3) is 0 Å². The van der Waals surface area contributed by atoms with Gasteiger partial charge in [0.15, 0.2) is 0 Å². The zero-order valence-electron chi connectivity index (χ0n) is 9.77. The average Bonchev–Trinajstić information content (AvgIpc) is 2.42. The van der Waals surface area contributed by atoms with Crippen LogP contribution in [0.2, 0.25) is 0 Å². The van der Waals surface area contributed by atoms with Gasteiger partial charge in [0.1, 0.15) is 11.5 Å². The van der Waals surface area contributed by atoms with Gasteiger partial charge >= 0.3 is 0 Å². The molecule has 0 radical (unpaired) electrons. The molecule has 0 amide bonds. The van der Waals surface area contributed by atoms with Crippen LogP contribution in [-0.4, -0.2) is 5.88 Å². The summed E-state index contributed by atoms with van der Waals surface area (Å²) in [4.78, 5) is 0. The van der Waals surface area contributed by atoms with Crippen molar-refractivity contribution in [3.8, 4) is 17.6 Å². The SMILES string of the molecule is N#Cc1ccc(Oc2ccc(CCCl)cc2)cc1. The lowest BCUT2D eigenvalue weighted by Crippen LogP contribution is -1.87. The zero-order chi connectivity index (χ0) is 12.8. The van der Waals surface area contributed by atoms with Crippen LogP contribution in [0.3, 0.4) is 0 Å². The van der Waals surface area contributed by atoms with Crippen LogP contribution in [0.4, 0.5) is 0 Å². The van der Waals surface area contributed by atoms with Crippen LogP contribution >= 0.6 is 11.6 Å². The van der Waals surface area contributed by atoms with Crippen molar-refractivity contribution >= 4 is 11.6 Å². The summed E-state index contributed by atoms with van der Waals surface area (Å²) in [6, 6.07) is 16.9. The minimum absolute atomic E-state index is 0.621. The average molecular weight is 258 g/mol. The lowest BCUT2D eigenvalue weighted by atomic mass is 10.2. The Morgan fingerprint density at radius 3 is 2.00 bits per heavy atom. The molecule has 0 heterocycles. The van der Waals surface area contributed by atoms with Crippen LogP contribution in [-0.2, 0) is 6.42 Å². The second kappa shape index (κ2) is 6.09. The monoisotopic (exact) mass is 257 g/mol. The van der Waals surface area contributed by atoms with E-state index in [1.54, 1.807) is 24.3 Å². The molecule has 0 unspecified atom stereocenters. The molecule has 0 fully saturated rings. The number of nitrogens with zero attached hydrogens (tertiary/aromatic N) is 1. The quantitative estimate of drug-likeness (QED) is 0.772. The number of halogens is 1. The van der Waals surface area contributed by atoms with Crippen molar-refractivity contribution < 1.29 is 4.74 Å². The first-order valence-corrected chi connectivity index (χ1v) is 6.18. The Morgan fingerprint density at radius 2 is 1.50 bits per heavy atom. The van der Waals surface area contributed by atoms with E-state index in [9.17, 15) is 0 Å². The third kappa shape index (κ3) is 3.26. The maximum absolute atomic E-state index is 8.70. The predicted molar refractivity (Wildman–Crippen MR) is 72.1 cm³/mol. The molecule has 0 atom stereocenters. The number of benzene rings is 2. The second-order valence-corrected chi connectivity index (χ2v) is 4.20. The van der Waals surface area contributed by atoms with E-state index in [0.717, 1.165) is 17.9 Å². The van der Waals surface area contributed by atoms with E-state index in [-0.39, 0.29) is 0 Å². The Bertz CT molecular complexity index is 540. The molecule has 90 valence electrons. The Hall–Kier alpha value is -1.98. The summed E-state index contributed by atoms with van der Waals surface area (Å²) >= 11 is 5.68. The molecule has 2 aromatic carbocycles. The number of aryl methyl sites for hydroxylation is 1. The summed E-state index contributed by atoms with van der Waals surface area (Å²) in [6.07, 6.45) is 0.860. The molecule has 3 heteroatoms. The van der Waals surface area contributed by atoms with Gasteiger partial charge in [0.05, 0.1) is 11.6 Å². The van der Waals surface area contributed by atoms with Crippen molar-refractivity contribution in [2.45, 2.75) is 6.42 Å². The van der Waals surface area contributed by atoms with Gasteiger partial charge in [0, 0.05) is 5.88 Å². The van der Waals surface area contributed by atoms with Gasteiger partial charge in [-0.3, -0.25) is 0 Å². The fourth-order valence-corrected chi connectivity index (χ4v) is 1.79. The molecule has 0 aliphatic heterocycles. The Morgan fingerprint density at radius 1 is 0.944 bits per heavy atom. The van der Waals surface area contributed by atoms with Crippen LogP contribution in [0.1, 0.15) is 11.1 Å². The maximum Gasteiger partial charge on any atom is 0.127 e. The van der Waals surface area contributed by atoms with E-state index in [0.29, 0.717) is 11.4 Å². The molecular formula is C15H12ClNO. The van der Waals surface area contributed by atoms with Gasteiger partial charge < -0.3 is 4.74 Å². The first kappa shape index (κ1) is 12.5. The van der Waals surface area contributed by atoms with Gasteiger partial charge in [-0.1, -0.05) is 12.1 Å². The standard InChI is InChI=1S/C15H12ClNO/c16-10-9-12-1-5-14(6-2-12)18-15-7-3-13(11-17)4-8-15/h1-8H,9-10H2. The fraction of sp³-hybridized carbons (Fsp3) is 0.133. The van der Waals surface area contributed by atoms with Gasteiger partial charge in [-0.15, -0.1) is 11.6 Å². The summed E-state index contributed by atoms with van der Waals surface area (Å²) in [6.45, 7) is 0. The molecule has 0 spiro atoms. The van der Waals surface area contributed by atoms with Gasteiger partial charge in [-0.05, 0) is 48.4 Å². The second-order valence-electron chi connectivity index (χ2n) is 3.82. The highest BCUT2D eigenvalue weighted by Crippen LogP contribution is 2.22. The minimum atomic E-state index is 0.621. The molecule has 2 nitrogen and oxygen atoms in total. The van der Waals surface area contributed by atoms with Gasteiger partial charge in [-0.2, -0.15) is 5.26 Å². The highest BCUT2D eigenvalue weighted by molar-refractivity contribution is 6.17. The highest BCUT2D eigenvalue weighted by atomic mass is 35.5. The lowest BCUT2D eigenvalue weighted by molar-refractivity contribution is 0.482. The summed E-state index contributed by atoms with van der Waals surface area (Å²) < 4.78 is 5.67. The predicted octanol–water partition coefficient (Wildman–Crippen LogP) is 4.13. The maximum atomic E-state index is 8.70. The molecule has 0 aliphatic rings. The summed E-state index contributed by atoms with van der Waals surface area (Å²) in [5, 5.41) is 8.70. The van der Waals surface area contributed by atoms with Crippen molar-refractivity contribution in [1.29, 1.82) is 5.26 Å². The topological polar surface area (TPSA) is 33.0 Å². The van der Waals surface area contributed by atoms with Crippen LogP contribution in [0.15, 0.2) is 48.5 Å². The molecule has 0 N–H and O–H groups in total. The van der Waals surface area contributed by atoms with Crippen LogP contribution in [0.5, 0.6) is 11.5 Å². The Labute approximate surface area is 111 Å². The van der Waals surface area contributed by atoms with Gasteiger partial charge in [0.25, 0.3) is 0 Å². The molecule has 0 saturated carbocycles. The van der Waals surface area contributed by atoms with Crippen molar-refractivity contribution in [3.63, 3.8) is 0 Å². The Balaban J connectivity index is 2.06. The number of ether oxygens (including phenoxy) is 1. The summed E-state index contributed by atoms with van der Waals surface area (Å²) in [5.74, 6) is 2.12. The molecule has 0 aliphatic carbocycles. The van der Waals surface area contributed by atoms with Crippen molar-refractivity contribution in [2.75, 3.05) is 5.88 Å². The van der Waals surface area contributed by atoms with Crippen LogP contribution in [0, 0.1) is 11.3 Å². The number of nitriles is 1. The molecular weight excluding hydrogens is 246 g/mol. The summed E-state index contributed by atoms with van der Waals surface area (Å²) in [7, 11) is 0. The number of hydrogen-bond donors (Lipinski definition) is 0. The van der Waals surface area contributed by atoms with E-state index >= 15 is 0 Å².